The standard InChI is InChI=1S/C29H29BrFN7O4S2/c1-5-42-29(39)24-23(34-27(28-32-8-9-43-28)35-25(24)21-7-6-19(31)12-22(21)30)15-38-14-20(36-37-38)13-33-44(40,41)26-17(3)10-16(2)11-18(26)4/h6-12,14,25,33H,5,13,15H2,1-4H3,(H,34,35). The molecule has 1 unspecified atom stereocenters. The van der Waals surface area contributed by atoms with Crippen LogP contribution in [-0.4, -0.2) is 46.8 Å². The number of amidine groups is 1. The van der Waals surface area contributed by atoms with Crippen LogP contribution in [0.25, 0.3) is 0 Å². The fourth-order valence-corrected chi connectivity index (χ4v) is 7.66. The molecule has 0 aliphatic carbocycles. The summed E-state index contributed by atoms with van der Waals surface area (Å²) in [6.07, 6.45) is 3.23. The molecule has 0 saturated carbocycles. The van der Waals surface area contributed by atoms with Crippen molar-refractivity contribution in [1.82, 2.24) is 30.0 Å². The van der Waals surface area contributed by atoms with Crippen LogP contribution in [0.1, 0.15) is 45.9 Å². The number of halogens is 2. The molecule has 4 aromatic rings. The van der Waals surface area contributed by atoms with Crippen molar-refractivity contribution in [3.05, 3.63) is 103 Å². The maximum absolute atomic E-state index is 14.0. The van der Waals surface area contributed by atoms with Crippen molar-refractivity contribution in [2.45, 2.75) is 51.7 Å². The molecular formula is C29H29BrFN7O4S2. The van der Waals surface area contributed by atoms with Crippen LogP contribution in [0.3, 0.4) is 0 Å². The Morgan fingerprint density at radius 1 is 1.20 bits per heavy atom. The molecule has 2 aromatic heterocycles. The predicted molar refractivity (Wildman–Crippen MR) is 167 cm³/mol. The monoisotopic (exact) mass is 701 g/mol. The van der Waals surface area contributed by atoms with Crippen LogP contribution >= 0.6 is 27.3 Å². The van der Waals surface area contributed by atoms with E-state index < -0.39 is 27.9 Å². The van der Waals surface area contributed by atoms with E-state index in [0.29, 0.717) is 43.4 Å². The van der Waals surface area contributed by atoms with Gasteiger partial charge in [-0.25, -0.2) is 32.0 Å². The summed E-state index contributed by atoms with van der Waals surface area (Å²) in [6.45, 7) is 7.22. The zero-order chi connectivity index (χ0) is 31.6. The van der Waals surface area contributed by atoms with E-state index in [1.54, 1.807) is 44.6 Å². The van der Waals surface area contributed by atoms with Crippen molar-refractivity contribution in [3.63, 3.8) is 0 Å². The second-order valence-electron chi connectivity index (χ2n) is 10.1. The molecule has 230 valence electrons. The summed E-state index contributed by atoms with van der Waals surface area (Å²) in [5.74, 6) is -0.629. The number of aryl methyl sites for hydroxylation is 3. The van der Waals surface area contributed by atoms with Crippen molar-refractivity contribution in [3.8, 4) is 0 Å². The maximum Gasteiger partial charge on any atom is 0.338 e. The minimum Gasteiger partial charge on any atom is -0.463 e. The topological polar surface area (TPSA) is 140 Å². The first kappa shape index (κ1) is 31.6. The molecule has 5 rings (SSSR count). The molecule has 15 heteroatoms. The number of sulfonamides is 1. The SMILES string of the molecule is CCOC(=O)C1=C(Cn2cc(CNS(=O)(=O)c3c(C)cc(C)cc3C)nn2)NC(c2nccs2)=NC1c1ccc(F)cc1Br. The van der Waals surface area contributed by atoms with Gasteiger partial charge in [-0.3, -0.25) is 4.99 Å². The number of nitrogens with one attached hydrogen (secondary N) is 2. The fraction of sp³-hybridized carbons (Fsp3) is 0.276. The van der Waals surface area contributed by atoms with E-state index in [4.69, 9.17) is 9.73 Å². The van der Waals surface area contributed by atoms with E-state index in [9.17, 15) is 17.6 Å². The summed E-state index contributed by atoms with van der Waals surface area (Å²) >= 11 is 4.78. The van der Waals surface area contributed by atoms with Crippen molar-refractivity contribution >= 4 is 49.1 Å². The van der Waals surface area contributed by atoms with Crippen LogP contribution in [0, 0.1) is 26.6 Å². The zero-order valence-electron chi connectivity index (χ0n) is 24.3. The number of aromatic nitrogens is 4. The first-order chi connectivity index (χ1) is 21.0. The highest BCUT2D eigenvalue weighted by molar-refractivity contribution is 9.10. The highest BCUT2D eigenvalue weighted by atomic mass is 79.9. The van der Waals surface area contributed by atoms with Crippen molar-refractivity contribution < 1.29 is 22.3 Å². The summed E-state index contributed by atoms with van der Waals surface area (Å²) in [5.41, 5.74) is 3.85. The van der Waals surface area contributed by atoms with E-state index in [1.807, 2.05) is 19.1 Å². The third kappa shape index (κ3) is 6.80. The summed E-state index contributed by atoms with van der Waals surface area (Å²) in [4.78, 5) is 22.8. The minimum atomic E-state index is -3.82. The molecule has 0 bridgehead atoms. The number of allylic oxidation sites excluding steroid dienone is 1. The Morgan fingerprint density at radius 3 is 2.61 bits per heavy atom. The molecule has 1 aliphatic rings. The van der Waals surface area contributed by atoms with Gasteiger partial charge in [-0.05, 0) is 56.5 Å². The van der Waals surface area contributed by atoms with E-state index in [0.717, 1.165) is 5.56 Å². The molecule has 2 aromatic carbocycles. The van der Waals surface area contributed by atoms with Gasteiger partial charge < -0.3 is 10.1 Å². The number of nitrogens with zero attached hydrogens (tertiary/aromatic N) is 5. The zero-order valence-corrected chi connectivity index (χ0v) is 27.5. The first-order valence-electron chi connectivity index (χ1n) is 13.5. The lowest BCUT2D eigenvalue weighted by Crippen LogP contribution is -2.35. The second kappa shape index (κ2) is 13.1. The van der Waals surface area contributed by atoms with Crippen LogP contribution in [-0.2, 0) is 32.6 Å². The number of esters is 1. The fourth-order valence-electron chi connectivity index (χ4n) is 5.06. The van der Waals surface area contributed by atoms with Gasteiger partial charge in [-0.15, -0.1) is 16.4 Å². The third-order valence-corrected chi connectivity index (χ3v) is 9.91. The molecule has 0 fully saturated rings. The van der Waals surface area contributed by atoms with Gasteiger partial charge in [0.25, 0.3) is 0 Å². The summed E-state index contributed by atoms with van der Waals surface area (Å²) in [7, 11) is -3.82. The number of rotatable bonds is 10. The molecule has 0 radical (unpaired) electrons. The molecule has 0 amide bonds. The average Bonchev–Trinajstić information content (AvgIpc) is 3.64. The minimum absolute atomic E-state index is 0.0454. The first-order valence-corrected chi connectivity index (χ1v) is 16.7. The van der Waals surface area contributed by atoms with Crippen molar-refractivity contribution in [2.75, 3.05) is 6.61 Å². The lowest BCUT2D eigenvalue weighted by Gasteiger charge is -2.27. The molecule has 3 heterocycles. The van der Waals surface area contributed by atoms with E-state index in [2.05, 4.69) is 41.3 Å². The van der Waals surface area contributed by atoms with Gasteiger partial charge in [-0.2, -0.15) is 0 Å². The van der Waals surface area contributed by atoms with Crippen LogP contribution in [0.2, 0.25) is 0 Å². The summed E-state index contributed by atoms with van der Waals surface area (Å²) in [6, 6.07) is 6.97. The number of carbonyl (C=O) groups excluding carboxylic acids is 1. The predicted octanol–water partition coefficient (Wildman–Crippen LogP) is 4.65. The molecule has 2 N–H and O–H groups in total. The number of benzene rings is 2. The lowest BCUT2D eigenvalue weighted by molar-refractivity contribution is -0.139. The lowest BCUT2D eigenvalue weighted by atomic mass is 9.95. The molecule has 44 heavy (non-hydrogen) atoms. The van der Waals surface area contributed by atoms with E-state index >= 15 is 0 Å². The number of ether oxygens (including phenoxy) is 1. The van der Waals surface area contributed by atoms with Crippen LogP contribution in [0.15, 0.2) is 73.7 Å². The average molecular weight is 703 g/mol. The molecular weight excluding hydrogens is 673 g/mol. The van der Waals surface area contributed by atoms with Crippen LogP contribution in [0.5, 0.6) is 0 Å². The quantitative estimate of drug-likeness (QED) is 0.228. The van der Waals surface area contributed by atoms with Gasteiger partial charge in [0.1, 0.15) is 11.9 Å². The second-order valence-corrected chi connectivity index (χ2v) is 13.5. The number of carbonyl (C=O) groups is 1. The Morgan fingerprint density at radius 2 is 1.95 bits per heavy atom. The Labute approximate surface area is 266 Å². The van der Waals surface area contributed by atoms with Gasteiger partial charge in [-0.1, -0.05) is 44.9 Å². The highest BCUT2D eigenvalue weighted by Gasteiger charge is 2.34. The molecule has 1 aliphatic heterocycles. The highest BCUT2D eigenvalue weighted by Crippen LogP contribution is 2.37. The van der Waals surface area contributed by atoms with Crippen molar-refractivity contribution in [1.29, 1.82) is 0 Å². The molecule has 11 nitrogen and oxygen atoms in total. The van der Waals surface area contributed by atoms with Gasteiger partial charge in [0.15, 0.2) is 10.8 Å². The maximum atomic E-state index is 14.0. The van der Waals surface area contributed by atoms with E-state index in [-0.39, 0.29) is 30.2 Å². The third-order valence-electron chi connectivity index (χ3n) is 6.74. The number of thiazole rings is 1. The van der Waals surface area contributed by atoms with E-state index in [1.165, 1.54) is 28.2 Å². The van der Waals surface area contributed by atoms with Gasteiger partial charge in [0.05, 0.1) is 47.8 Å². The summed E-state index contributed by atoms with van der Waals surface area (Å²) < 4.78 is 50.2. The Hall–Kier alpha value is -3.79. The normalized spacial score (nSPS) is 15.2. The largest absolute Gasteiger partial charge is 0.463 e. The molecule has 1 atom stereocenters. The van der Waals surface area contributed by atoms with Gasteiger partial charge >= 0.3 is 5.97 Å². The Kier molecular flexibility index (Phi) is 9.39. The Balaban J connectivity index is 1.46. The van der Waals surface area contributed by atoms with Gasteiger partial charge in [0.2, 0.25) is 10.0 Å². The number of hydrogen-bond acceptors (Lipinski definition) is 10. The van der Waals surface area contributed by atoms with Gasteiger partial charge in [0, 0.05) is 16.0 Å². The number of hydrogen-bond donors (Lipinski definition) is 2. The van der Waals surface area contributed by atoms with Crippen molar-refractivity contribution in [2.24, 2.45) is 4.99 Å². The smallest absolute Gasteiger partial charge is 0.338 e. The molecule has 0 saturated heterocycles. The van der Waals surface area contributed by atoms with Crippen LogP contribution in [0.4, 0.5) is 4.39 Å². The Bertz CT molecular complexity index is 1870. The van der Waals surface area contributed by atoms with Crippen LogP contribution < -0.4 is 10.0 Å². The summed E-state index contributed by atoms with van der Waals surface area (Å²) in [5, 5.41) is 13.9. The molecule has 0 spiro atoms. The number of aliphatic imine (C=N–C) groups is 1.